The molecule has 1 aromatic carbocycles. The van der Waals surface area contributed by atoms with Crippen molar-refractivity contribution in [1.82, 2.24) is 9.80 Å². The van der Waals surface area contributed by atoms with Crippen LogP contribution in [0.5, 0.6) is 0 Å². The zero-order chi connectivity index (χ0) is 14.2. The SMILES string of the molecule is Cc1ccc(CN2CCN([C@@H]3C[C@H]4CC[C@@H]3C4)CC2)cc1. The van der Waals surface area contributed by atoms with Crippen LogP contribution in [0.3, 0.4) is 0 Å². The molecule has 3 atom stereocenters. The van der Waals surface area contributed by atoms with Crippen molar-refractivity contribution in [2.24, 2.45) is 11.8 Å². The summed E-state index contributed by atoms with van der Waals surface area (Å²) in [6.07, 6.45) is 6.07. The summed E-state index contributed by atoms with van der Waals surface area (Å²) in [4.78, 5) is 5.45. The summed E-state index contributed by atoms with van der Waals surface area (Å²) >= 11 is 0. The van der Waals surface area contributed by atoms with Crippen molar-refractivity contribution >= 4 is 0 Å². The Labute approximate surface area is 129 Å². The number of piperazine rings is 1. The van der Waals surface area contributed by atoms with Gasteiger partial charge in [0, 0.05) is 38.8 Å². The molecule has 2 heteroatoms. The Bertz CT molecular complexity index is 473. The second-order valence-corrected chi connectivity index (χ2v) is 7.54. The van der Waals surface area contributed by atoms with Crippen molar-refractivity contribution < 1.29 is 0 Å². The van der Waals surface area contributed by atoms with Crippen LogP contribution in [0, 0.1) is 18.8 Å². The molecule has 2 nitrogen and oxygen atoms in total. The van der Waals surface area contributed by atoms with Gasteiger partial charge in [-0.2, -0.15) is 0 Å². The van der Waals surface area contributed by atoms with E-state index >= 15 is 0 Å². The first-order chi connectivity index (χ1) is 10.3. The zero-order valence-electron chi connectivity index (χ0n) is 13.3. The molecule has 0 aromatic heterocycles. The first-order valence-electron chi connectivity index (χ1n) is 8.80. The van der Waals surface area contributed by atoms with Gasteiger partial charge in [0.1, 0.15) is 0 Å². The van der Waals surface area contributed by atoms with Gasteiger partial charge in [0.05, 0.1) is 0 Å². The van der Waals surface area contributed by atoms with E-state index in [1.165, 1.54) is 63.0 Å². The lowest BCUT2D eigenvalue weighted by Gasteiger charge is -2.41. The van der Waals surface area contributed by atoms with Crippen LogP contribution >= 0.6 is 0 Å². The van der Waals surface area contributed by atoms with Crippen LogP contribution in [-0.2, 0) is 6.54 Å². The van der Waals surface area contributed by atoms with Crippen molar-refractivity contribution in [2.75, 3.05) is 26.2 Å². The summed E-state index contributed by atoms with van der Waals surface area (Å²) in [7, 11) is 0. The van der Waals surface area contributed by atoms with Crippen LogP contribution in [0.2, 0.25) is 0 Å². The third-order valence-corrected chi connectivity index (χ3v) is 6.10. The van der Waals surface area contributed by atoms with Gasteiger partial charge in [-0.15, -0.1) is 0 Å². The first kappa shape index (κ1) is 13.8. The van der Waals surface area contributed by atoms with E-state index in [4.69, 9.17) is 0 Å². The van der Waals surface area contributed by atoms with Gasteiger partial charge < -0.3 is 0 Å². The van der Waals surface area contributed by atoms with Crippen LogP contribution in [0.1, 0.15) is 36.8 Å². The fourth-order valence-electron chi connectivity index (χ4n) is 4.86. The number of aryl methyl sites for hydroxylation is 1. The van der Waals surface area contributed by atoms with Crippen LogP contribution in [0.15, 0.2) is 24.3 Å². The Kier molecular flexibility index (Phi) is 3.76. The number of hydrogen-bond donors (Lipinski definition) is 0. The average Bonchev–Trinajstić information content (AvgIpc) is 3.13. The minimum atomic E-state index is 0.935. The second-order valence-electron chi connectivity index (χ2n) is 7.54. The molecule has 2 bridgehead atoms. The highest BCUT2D eigenvalue weighted by Crippen LogP contribution is 2.46. The molecule has 3 fully saturated rings. The van der Waals surface area contributed by atoms with Gasteiger partial charge in [0.15, 0.2) is 0 Å². The van der Waals surface area contributed by atoms with E-state index in [9.17, 15) is 0 Å². The molecular weight excluding hydrogens is 256 g/mol. The summed E-state index contributed by atoms with van der Waals surface area (Å²) in [5.41, 5.74) is 2.83. The maximum Gasteiger partial charge on any atom is 0.0234 e. The number of benzene rings is 1. The summed E-state index contributed by atoms with van der Waals surface area (Å²) in [5.74, 6) is 2.12. The second kappa shape index (κ2) is 5.73. The molecule has 1 aliphatic heterocycles. The summed E-state index contributed by atoms with van der Waals surface area (Å²) < 4.78 is 0. The minimum absolute atomic E-state index is 0.935. The highest BCUT2D eigenvalue weighted by atomic mass is 15.3. The molecular formula is C19H28N2. The van der Waals surface area contributed by atoms with E-state index in [0.717, 1.165) is 24.4 Å². The van der Waals surface area contributed by atoms with Gasteiger partial charge in [0.25, 0.3) is 0 Å². The Morgan fingerprint density at radius 3 is 2.33 bits per heavy atom. The molecule has 0 unspecified atom stereocenters. The first-order valence-corrected chi connectivity index (χ1v) is 8.80. The summed E-state index contributed by atoms with van der Waals surface area (Å²) in [6, 6.07) is 9.99. The maximum atomic E-state index is 2.81. The number of hydrogen-bond acceptors (Lipinski definition) is 2. The van der Waals surface area contributed by atoms with Gasteiger partial charge in [-0.25, -0.2) is 0 Å². The van der Waals surface area contributed by atoms with Crippen LogP contribution < -0.4 is 0 Å². The van der Waals surface area contributed by atoms with Crippen molar-refractivity contribution in [1.29, 1.82) is 0 Å². The quantitative estimate of drug-likeness (QED) is 0.840. The normalized spacial score (nSPS) is 33.7. The Balaban J connectivity index is 1.29. The largest absolute Gasteiger partial charge is 0.298 e. The van der Waals surface area contributed by atoms with Crippen molar-refractivity contribution in [3.05, 3.63) is 35.4 Å². The molecule has 2 saturated carbocycles. The third kappa shape index (κ3) is 2.89. The zero-order valence-corrected chi connectivity index (χ0v) is 13.3. The van der Waals surface area contributed by atoms with E-state index in [1.54, 1.807) is 0 Å². The molecule has 1 saturated heterocycles. The van der Waals surface area contributed by atoms with Crippen LogP contribution in [-0.4, -0.2) is 42.0 Å². The molecule has 4 rings (SSSR count). The monoisotopic (exact) mass is 284 g/mol. The minimum Gasteiger partial charge on any atom is -0.298 e. The molecule has 2 aliphatic carbocycles. The van der Waals surface area contributed by atoms with E-state index in [-0.39, 0.29) is 0 Å². The van der Waals surface area contributed by atoms with Crippen molar-refractivity contribution in [3.63, 3.8) is 0 Å². The predicted molar refractivity (Wildman–Crippen MR) is 87.3 cm³/mol. The smallest absolute Gasteiger partial charge is 0.0234 e. The van der Waals surface area contributed by atoms with Crippen molar-refractivity contribution in [2.45, 2.75) is 45.2 Å². The molecule has 21 heavy (non-hydrogen) atoms. The average molecular weight is 284 g/mol. The van der Waals surface area contributed by atoms with Crippen molar-refractivity contribution in [3.8, 4) is 0 Å². The molecule has 0 spiro atoms. The number of nitrogens with zero attached hydrogens (tertiary/aromatic N) is 2. The summed E-state index contributed by atoms with van der Waals surface area (Å²) in [5, 5.41) is 0. The lowest BCUT2D eigenvalue weighted by atomic mass is 9.93. The molecule has 0 N–H and O–H groups in total. The highest BCUT2D eigenvalue weighted by molar-refractivity contribution is 5.21. The fraction of sp³-hybridized carbons (Fsp3) is 0.684. The topological polar surface area (TPSA) is 6.48 Å². The molecule has 0 radical (unpaired) electrons. The standard InChI is InChI=1S/C19H28N2/c1-15-2-4-16(5-3-15)14-20-8-10-21(11-9-20)19-13-17-6-7-18(19)12-17/h2-5,17-19H,6-14H2,1H3/t17-,18+,19+/m0/s1. The maximum absolute atomic E-state index is 2.81. The third-order valence-electron chi connectivity index (χ3n) is 6.10. The number of fused-ring (bicyclic) bond motifs is 2. The molecule has 3 aliphatic rings. The molecule has 114 valence electrons. The van der Waals surface area contributed by atoms with Gasteiger partial charge in [0.2, 0.25) is 0 Å². The van der Waals surface area contributed by atoms with Gasteiger partial charge in [-0.1, -0.05) is 36.2 Å². The van der Waals surface area contributed by atoms with Crippen LogP contribution in [0.4, 0.5) is 0 Å². The molecule has 1 heterocycles. The number of rotatable bonds is 3. The lowest BCUT2D eigenvalue weighted by Crippen LogP contribution is -2.51. The van der Waals surface area contributed by atoms with Crippen LogP contribution in [0.25, 0.3) is 0 Å². The summed E-state index contributed by atoms with van der Waals surface area (Å²) in [6.45, 7) is 8.38. The Morgan fingerprint density at radius 2 is 1.71 bits per heavy atom. The lowest BCUT2D eigenvalue weighted by molar-refractivity contribution is 0.0679. The Hall–Kier alpha value is -0.860. The molecule has 1 aromatic rings. The van der Waals surface area contributed by atoms with E-state index in [2.05, 4.69) is 41.0 Å². The fourth-order valence-corrected chi connectivity index (χ4v) is 4.86. The molecule has 0 amide bonds. The van der Waals surface area contributed by atoms with E-state index in [0.29, 0.717) is 0 Å². The van der Waals surface area contributed by atoms with Gasteiger partial charge >= 0.3 is 0 Å². The predicted octanol–water partition coefficient (Wildman–Crippen LogP) is 3.30. The van der Waals surface area contributed by atoms with Gasteiger partial charge in [-0.05, 0) is 43.6 Å². The Morgan fingerprint density at radius 1 is 0.952 bits per heavy atom. The van der Waals surface area contributed by atoms with Gasteiger partial charge in [-0.3, -0.25) is 9.80 Å². The van der Waals surface area contributed by atoms with E-state index in [1.807, 2.05) is 0 Å². The van der Waals surface area contributed by atoms with E-state index < -0.39 is 0 Å². The highest BCUT2D eigenvalue weighted by Gasteiger charge is 2.42.